The molecule has 2 unspecified atom stereocenters. The summed E-state index contributed by atoms with van der Waals surface area (Å²) in [6.07, 6.45) is 1.88. The number of hydrogen-bond donors (Lipinski definition) is 0. The zero-order chi connectivity index (χ0) is 11.4. The van der Waals surface area contributed by atoms with Crippen LogP contribution in [0, 0.1) is 0 Å². The molecule has 16 heavy (non-hydrogen) atoms. The highest BCUT2D eigenvalue weighted by molar-refractivity contribution is 5.24. The van der Waals surface area contributed by atoms with Crippen LogP contribution in [-0.4, -0.2) is 26.4 Å². The van der Waals surface area contributed by atoms with Crippen LogP contribution in [0.3, 0.4) is 0 Å². The molecule has 0 radical (unpaired) electrons. The highest BCUT2D eigenvalue weighted by atomic mass is 16.7. The van der Waals surface area contributed by atoms with Crippen molar-refractivity contribution in [2.45, 2.75) is 11.9 Å². The SMILES string of the molecule is C=CC(OC)(OCC1CO1)c1ccccc1. The Bertz CT molecular complexity index is 345. The summed E-state index contributed by atoms with van der Waals surface area (Å²) in [5.74, 6) is -0.868. The quantitative estimate of drug-likeness (QED) is 0.418. The number of epoxide rings is 1. The molecule has 2 atom stereocenters. The van der Waals surface area contributed by atoms with Crippen molar-refractivity contribution < 1.29 is 14.2 Å². The third-order valence-electron chi connectivity index (χ3n) is 2.63. The van der Waals surface area contributed by atoms with Crippen LogP contribution in [0.4, 0.5) is 0 Å². The van der Waals surface area contributed by atoms with Crippen LogP contribution in [-0.2, 0) is 20.0 Å². The predicted molar refractivity (Wildman–Crippen MR) is 61.0 cm³/mol. The monoisotopic (exact) mass is 220 g/mol. The predicted octanol–water partition coefficient (Wildman–Crippen LogP) is 2.09. The molecule has 3 heteroatoms. The van der Waals surface area contributed by atoms with E-state index < -0.39 is 5.79 Å². The van der Waals surface area contributed by atoms with Gasteiger partial charge in [0.15, 0.2) is 0 Å². The van der Waals surface area contributed by atoms with Crippen LogP contribution in [0.1, 0.15) is 5.56 Å². The van der Waals surface area contributed by atoms with Crippen molar-refractivity contribution in [3.8, 4) is 0 Å². The first-order valence-corrected chi connectivity index (χ1v) is 5.30. The molecule has 1 aliphatic rings. The Kier molecular flexibility index (Phi) is 3.39. The molecular formula is C13H16O3. The zero-order valence-corrected chi connectivity index (χ0v) is 9.39. The third kappa shape index (κ3) is 2.32. The van der Waals surface area contributed by atoms with Crippen molar-refractivity contribution in [3.63, 3.8) is 0 Å². The molecule has 0 aromatic heterocycles. The normalized spacial score (nSPS) is 22.4. The van der Waals surface area contributed by atoms with Gasteiger partial charge in [-0.25, -0.2) is 0 Å². The lowest BCUT2D eigenvalue weighted by atomic mass is 10.1. The Morgan fingerprint density at radius 3 is 2.69 bits per heavy atom. The van der Waals surface area contributed by atoms with Gasteiger partial charge in [-0.3, -0.25) is 0 Å². The second kappa shape index (κ2) is 4.78. The standard InChI is InChI=1S/C13H16O3/c1-3-13(14-2,16-10-12-9-15-12)11-7-5-4-6-8-11/h3-8,12H,1,9-10H2,2H3. The van der Waals surface area contributed by atoms with Gasteiger partial charge in [0.1, 0.15) is 6.10 Å². The largest absolute Gasteiger partial charge is 0.371 e. The molecular weight excluding hydrogens is 204 g/mol. The van der Waals surface area contributed by atoms with Gasteiger partial charge in [0, 0.05) is 12.7 Å². The van der Waals surface area contributed by atoms with E-state index >= 15 is 0 Å². The van der Waals surface area contributed by atoms with Crippen molar-refractivity contribution in [3.05, 3.63) is 48.6 Å². The Balaban J connectivity index is 2.15. The van der Waals surface area contributed by atoms with Crippen LogP contribution >= 0.6 is 0 Å². The van der Waals surface area contributed by atoms with Crippen LogP contribution in [0.2, 0.25) is 0 Å². The van der Waals surface area contributed by atoms with E-state index in [2.05, 4.69) is 6.58 Å². The maximum atomic E-state index is 5.77. The Labute approximate surface area is 95.6 Å². The molecule has 1 aromatic rings. The van der Waals surface area contributed by atoms with Crippen LogP contribution in [0.25, 0.3) is 0 Å². The van der Waals surface area contributed by atoms with Gasteiger partial charge in [-0.1, -0.05) is 36.9 Å². The summed E-state index contributed by atoms with van der Waals surface area (Å²) in [5, 5.41) is 0. The van der Waals surface area contributed by atoms with Gasteiger partial charge in [-0.05, 0) is 6.08 Å². The maximum Gasteiger partial charge on any atom is 0.214 e. The first-order valence-electron chi connectivity index (χ1n) is 5.30. The molecule has 0 aliphatic carbocycles. The van der Waals surface area contributed by atoms with Gasteiger partial charge in [-0.2, -0.15) is 0 Å². The van der Waals surface area contributed by atoms with Gasteiger partial charge >= 0.3 is 0 Å². The fourth-order valence-electron chi connectivity index (χ4n) is 1.57. The van der Waals surface area contributed by atoms with Crippen LogP contribution < -0.4 is 0 Å². The first-order chi connectivity index (χ1) is 7.80. The lowest BCUT2D eigenvalue weighted by Crippen LogP contribution is -2.31. The van der Waals surface area contributed by atoms with E-state index in [-0.39, 0.29) is 6.10 Å². The minimum absolute atomic E-state index is 0.207. The number of methoxy groups -OCH3 is 1. The van der Waals surface area contributed by atoms with E-state index in [0.29, 0.717) is 6.61 Å². The maximum absolute atomic E-state index is 5.77. The molecule has 0 bridgehead atoms. The summed E-state index contributed by atoms with van der Waals surface area (Å²) < 4.78 is 16.3. The van der Waals surface area contributed by atoms with Crippen LogP contribution in [0.15, 0.2) is 43.0 Å². The summed E-state index contributed by atoms with van der Waals surface area (Å²) in [4.78, 5) is 0. The molecule has 1 aliphatic heterocycles. The summed E-state index contributed by atoms with van der Waals surface area (Å²) in [5.41, 5.74) is 0.938. The van der Waals surface area contributed by atoms with Gasteiger partial charge in [0.2, 0.25) is 5.79 Å². The Morgan fingerprint density at radius 1 is 1.50 bits per heavy atom. The fourth-order valence-corrected chi connectivity index (χ4v) is 1.57. The lowest BCUT2D eigenvalue weighted by molar-refractivity contribution is -0.198. The van der Waals surface area contributed by atoms with Gasteiger partial charge in [-0.15, -0.1) is 0 Å². The number of hydrogen-bond acceptors (Lipinski definition) is 3. The molecule has 0 spiro atoms. The van der Waals surface area contributed by atoms with Gasteiger partial charge in [0.05, 0.1) is 13.2 Å². The summed E-state index contributed by atoms with van der Waals surface area (Å²) in [7, 11) is 1.61. The molecule has 1 aromatic carbocycles. The topological polar surface area (TPSA) is 31.0 Å². The molecule has 3 nitrogen and oxygen atoms in total. The molecule has 1 saturated heterocycles. The van der Waals surface area contributed by atoms with Gasteiger partial charge < -0.3 is 14.2 Å². The Morgan fingerprint density at radius 2 is 2.19 bits per heavy atom. The molecule has 0 saturated carbocycles. The minimum Gasteiger partial charge on any atom is -0.371 e. The second-order valence-electron chi connectivity index (χ2n) is 3.71. The average molecular weight is 220 g/mol. The van der Waals surface area contributed by atoms with E-state index in [1.54, 1.807) is 13.2 Å². The second-order valence-corrected chi connectivity index (χ2v) is 3.71. The molecule has 86 valence electrons. The van der Waals surface area contributed by atoms with Crippen molar-refractivity contribution in [1.29, 1.82) is 0 Å². The molecule has 1 heterocycles. The molecule has 1 fully saturated rings. The van der Waals surface area contributed by atoms with E-state index in [1.165, 1.54) is 0 Å². The van der Waals surface area contributed by atoms with E-state index in [0.717, 1.165) is 12.2 Å². The van der Waals surface area contributed by atoms with Crippen molar-refractivity contribution in [1.82, 2.24) is 0 Å². The van der Waals surface area contributed by atoms with Gasteiger partial charge in [0.25, 0.3) is 0 Å². The third-order valence-corrected chi connectivity index (χ3v) is 2.63. The number of rotatable bonds is 6. The van der Waals surface area contributed by atoms with E-state index in [9.17, 15) is 0 Å². The Hall–Kier alpha value is -1.16. The first kappa shape index (κ1) is 11.3. The summed E-state index contributed by atoms with van der Waals surface area (Å²) >= 11 is 0. The smallest absolute Gasteiger partial charge is 0.214 e. The fraction of sp³-hybridized carbons (Fsp3) is 0.385. The minimum atomic E-state index is -0.868. The summed E-state index contributed by atoms with van der Waals surface area (Å²) in [6, 6.07) is 9.77. The van der Waals surface area contributed by atoms with E-state index in [4.69, 9.17) is 14.2 Å². The van der Waals surface area contributed by atoms with Crippen molar-refractivity contribution in [2.75, 3.05) is 20.3 Å². The van der Waals surface area contributed by atoms with E-state index in [1.807, 2.05) is 30.3 Å². The van der Waals surface area contributed by atoms with Crippen molar-refractivity contribution >= 4 is 0 Å². The highest BCUT2D eigenvalue weighted by Crippen LogP contribution is 2.29. The van der Waals surface area contributed by atoms with Crippen molar-refractivity contribution in [2.24, 2.45) is 0 Å². The average Bonchev–Trinajstić information content (AvgIpc) is 3.17. The highest BCUT2D eigenvalue weighted by Gasteiger charge is 2.33. The lowest BCUT2D eigenvalue weighted by Gasteiger charge is -2.29. The number of ether oxygens (including phenoxy) is 3. The molecule has 0 N–H and O–H groups in total. The number of benzene rings is 1. The van der Waals surface area contributed by atoms with Crippen LogP contribution in [0.5, 0.6) is 0 Å². The molecule has 2 rings (SSSR count). The molecule has 0 amide bonds. The summed E-state index contributed by atoms with van der Waals surface area (Å²) in [6.45, 7) is 5.08. The zero-order valence-electron chi connectivity index (χ0n) is 9.39.